The Morgan fingerprint density at radius 1 is 1.18 bits per heavy atom. The number of hydrazine groups is 1. The zero-order valence-corrected chi connectivity index (χ0v) is 28.3. The number of phenolic OH excluding ortho intramolecular Hbond substituents is 2. The molecule has 2 aromatic rings. The molecule has 266 valence electrons. The summed E-state index contributed by atoms with van der Waals surface area (Å²) < 4.78 is 0. The average Bonchev–Trinajstić information content (AvgIpc) is 3.76. The van der Waals surface area contributed by atoms with Gasteiger partial charge in [0.05, 0.1) is 35.0 Å². The number of fused-ring (bicyclic) bond motifs is 1. The van der Waals surface area contributed by atoms with E-state index in [1.54, 1.807) is 13.8 Å². The number of nitrogens with one attached hydrogen (secondary N) is 1. The lowest BCUT2D eigenvalue weighted by atomic mass is 9.90. The molecule has 0 bridgehead atoms. The number of carbonyl (C=O) groups excluding carboxylic acids is 5. The van der Waals surface area contributed by atoms with Gasteiger partial charge in [0.15, 0.2) is 28.1 Å². The van der Waals surface area contributed by atoms with E-state index < -0.39 is 105 Å². The van der Waals surface area contributed by atoms with Crippen molar-refractivity contribution in [1.29, 1.82) is 0 Å². The third-order valence-electron chi connectivity index (χ3n) is 8.05. The Bertz CT molecular complexity index is 1850. The predicted octanol–water partition coefficient (Wildman–Crippen LogP) is 0.543. The van der Waals surface area contributed by atoms with Crippen LogP contribution < -0.4 is 11.2 Å². The van der Waals surface area contributed by atoms with E-state index in [4.69, 9.17) is 22.2 Å². The lowest BCUT2D eigenvalue weighted by Crippen LogP contribution is -2.60. The SMILES string of the molecule is CC(C)C(O/N=C(\C(=O)C[C@@H]1C(=O)N2C[C@@](C(=O)O)(N3CCN(NC(=O)C(=O)c4ccc(O)c(O)c4Cl)C3=O)S[C@H]12)c1csc(N)n1)C(=O)O. The number of β-lactam (4-membered cyclic amide) rings is 1. The van der Waals surface area contributed by atoms with Crippen molar-refractivity contribution in [3.63, 3.8) is 0 Å². The van der Waals surface area contributed by atoms with Crippen LogP contribution in [-0.4, -0.2) is 123 Å². The molecule has 3 saturated heterocycles. The number of benzene rings is 1. The fourth-order valence-electron chi connectivity index (χ4n) is 5.44. The summed E-state index contributed by atoms with van der Waals surface area (Å²) in [6, 6.07) is 0.914. The zero-order chi connectivity index (χ0) is 36.8. The highest BCUT2D eigenvalue weighted by molar-refractivity contribution is 8.02. The molecule has 7 N–H and O–H groups in total. The Morgan fingerprint density at radius 2 is 1.88 bits per heavy atom. The maximum Gasteiger partial charge on any atom is 0.348 e. The number of ketones is 2. The van der Waals surface area contributed by atoms with Crippen LogP contribution in [0.15, 0.2) is 22.7 Å². The van der Waals surface area contributed by atoms with Gasteiger partial charge in [-0.15, -0.1) is 11.3 Å². The molecular formula is C28H28ClN7O12S2. The second-order valence-electron chi connectivity index (χ2n) is 11.6. The van der Waals surface area contributed by atoms with Gasteiger partial charge in [-0.1, -0.05) is 42.4 Å². The van der Waals surface area contributed by atoms with Crippen molar-refractivity contribution in [3.05, 3.63) is 33.8 Å². The fraction of sp³-hybridized carbons (Fsp3) is 0.393. The number of nitrogens with zero attached hydrogens (tertiary/aromatic N) is 5. The molecule has 3 aliphatic heterocycles. The monoisotopic (exact) mass is 753 g/mol. The number of hydrogen-bond acceptors (Lipinski definition) is 15. The van der Waals surface area contributed by atoms with Crippen LogP contribution in [0.25, 0.3) is 0 Å². The summed E-state index contributed by atoms with van der Waals surface area (Å²) in [4.78, 5) is 99.2. The first-order chi connectivity index (χ1) is 23.5. The number of oxime groups is 1. The fourth-order valence-corrected chi connectivity index (χ4v) is 7.93. The number of rotatable bonds is 13. The zero-order valence-electron chi connectivity index (χ0n) is 25.9. The molecule has 5 rings (SSSR count). The molecule has 4 amide bonds. The summed E-state index contributed by atoms with van der Waals surface area (Å²) in [6.45, 7) is 2.18. The number of urea groups is 1. The van der Waals surface area contributed by atoms with E-state index >= 15 is 0 Å². The van der Waals surface area contributed by atoms with Gasteiger partial charge in [0.2, 0.25) is 16.9 Å². The largest absolute Gasteiger partial charge is 0.504 e. The Kier molecular flexibility index (Phi) is 9.85. The average molecular weight is 754 g/mol. The number of aromatic hydroxyl groups is 2. The molecule has 22 heteroatoms. The number of Topliss-reactive ketones (excluding diaryl/α,β-unsaturated/α-hetero) is 2. The van der Waals surface area contributed by atoms with Gasteiger partial charge in [-0.2, -0.15) is 0 Å². The molecule has 0 saturated carbocycles. The van der Waals surface area contributed by atoms with Gasteiger partial charge in [0.25, 0.3) is 5.78 Å². The highest BCUT2D eigenvalue weighted by Gasteiger charge is 2.66. The van der Waals surface area contributed by atoms with E-state index in [0.29, 0.717) is 5.01 Å². The highest BCUT2D eigenvalue weighted by Crippen LogP contribution is 2.53. The minimum Gasteiger partial charge on any atom is -0.504 e. The second kappa shape index (κ2) is 13.6. The molecule has 0 radical (unpaired) electrons. The Balaban J connectivity index is 1.30. The number of phenols is 2. The maximum atomic E-state index is 13.5. The van der Waals surface area contributed by atoms with Crippen LogP contribution in [0.4, 0.5) is 9.93 Å². The van der Waals surface area contributed by atoms with Gasteiger partial charge in [0, 0.05) is 24.3 Å². The standard InChI is InChI=1S/C28H28ClN7O12S2/c1-10(2)20(24(43)44)48-33-17(13-8-49-26(30)31-13)15(38)7-12-22(42)34-9-28(25(45)46,50-23(12)34)35-5-6-36(27(35)47)32-21(41)18(39)11-3-4-14(37)19(40)16(11)29/h3-4,8,10,12,20,23,37,40H,5-7,9H2,1-2H3,(H2,30,31)(H,32,41)(H,43,44)(H,45,46)/b33-17-/t12-,20?,23-,28-/m1/s1. The van der Waals surface area contributed by atoms with Crippen LogP contribution in [0.5, 0.6) is 11.5 Å². The minimum atomic E-state index is -2.04. The van der Waals surface area contributed by atoms with E-state index in [1.165, 1.54) is 10.3 Å². The molecule has 3 fully saturated rings. The molecule has 4 atom stereocenters. The summed E-state index contributed by atoms with van der Waals surface area (Å²) in [5.74, 6) is -9.83. The Hall–Kier alpha value is -5.15. The first kappa shape index (κ1) is 36.1. The first-order valence-corrected chi connectivity index (χ1v) is 16.7. The number of halogens is 1. The predicted molar refractivity (Wildman–Crippen MR) is 173 cm³/mol. The smallest absolute Gasteiger partial charge is 0.348 e. The van der Waals surface area contributed by atoms with Crippen LogP contribution in [0.1, 0.15) is 36.3 Å². The number of nitrogen functional groups attached to an aromatic ring is 1. The van der Waals surface area contributed by atoms with E-state index in [9.17, 15) is 54.0 Å². The maximum absolute atomic E-state index is 13.5. The van der Waals surface area contributed by atoms with Crippen LogP contribution >= 0.6 is 34.7 Å². The van der Waals surface area contributed by atoms with Crippen molar-refractivity contribution in [2.75, 3.05) is 25.4 Å². The summed E-state index contributed by atoms with van der Waals surface area (Å²) >= 11 is 7.59. The van der Waals surface area contributed by atoms with Crippen LogP contribution in [-0.2, 0) is 28.8 Å². The summed E-state index contributed by atoms with van der Waals surface area (Å²) in [5.41, 5.74) is 6.93. The van der Waals surface area contributed by atoms with Gasteiger partial charge >= 0.3 is 23.9 Å². The highest BCUT2D eigenvalue weighted by atomic mass is 35.5. The second-order valence-corrected chi connectivity index (χ2v) is 14.2. The number of carboxylic acids is 2. The molecule has 3 aliphatic rings. The van der Waals surface area contributed by atoms with Gasteiger partial charge in [0.1, 0.15) is 5.69 Å². The van der Waals surface area contributed by atoms with E-state index in [2.05, 4.69) is 15.6 Å². The van der Waals surface area contributed by atoms with Gasteiger partial charge in [-0.3, -0.25) is 29.5 Å². The summed E-state index contributed by atoms with van der Waals surface area (Å²) in [7, 11) is 0. The van der Waals surface area contributed by atoms with Gasteiger partial charge < -0.3 is 35.9 Å². The molecule has 1 aromatic carbocycles. The lowest BCUT2D eigenvalue weighted by Gasteiger charge is -2.40. The van der Waals surface area contributed by atoms with E-state index in [-0.39, 0.29) is 29.6 Å². The van der Waals surface area contributed by atoms with Crippen molar-refractivity contribution in [2.24, 2.45) is 17.0 Å². The number of aliphatic carboxylic acids is 2. The van der Waals surface area contributed by atoms with Crippen molar-refractivity contribution < 1.29 is 58.8 Å². The van der Waals surface area contributed by atoms with Crippen molar-refractivity contribution in [1.82, 2.24) is 25.2 Å². The van der Waals surface area contributed by atoms with Crippen molar-refractivity contribution in [2.45, 2.75) is 36.6 Å². The van der Waals surface area contributed by atoms with E-state index in [0.717, 1.165) is 40.1 Å². The molecule has 1 aromatic heterocycles. The topological polar surface area (TPSA) is 283 Å². The van der Waals surface area contributed by atoms with Crippen molar-refractivity contribution >= 4 is 86.9 Å². The molecule has 50 heavy (non-hydrogen) atoms. The van der Waals surface area contributed by atoms with Crippen LogP contribution in [0.2, 0.25) is 5.02 Å². The Morgan fingerprint density at radius 3 is 2.48 bits per heavy atom. The quantitative estimate of drug-likeness (QED) is 0.0407. The third-order valence-corrected chi connectivity index (χ3v) is 10.8. The Labute approximate surface area is 294 Å². The number of hydrogen-bond donors (Lipinski definition) is 6. The number of nitrogens with two attached hydrogens (primary N) is 1. The van der Waals surface area contributed by atoms with Gasteiger partial charge in [-0.05, 0) is 12.1 Å². The van der Waals surface area contributed by atoms with Crippen molar-refractivity contribution in [3.8, 4) is 11.5 Å². The van der Waals surface area contributed by atoms with Crippen LogP contribution in [0, 0.1) is 11.8 Å². The number of aromatic nitrogens is 1. The normalized spacial score (nSPS) is 22.3. The number of carbonyl (C=O) groups is 7. The summed E-state index contributed by atoms with van der Waals surface area (Å²) in [6.07, 6.45) is -1.90. The molecule has 0 aliphatic carbocycles. The van der Waals surface area contributed by atoms with Gasteiger partial charge in [-0.25, -0.2) is 24.4 Å². The number of carboxylic acid groups (broad SMARTS) is 2. The molecule has 19 nitrogen and oxygen atoms in total. The molecular weight excluding hydrogens is 726 g/mol. The number of thiazole rings is 1. The lowest BCUT2D eigenvalue weighted by molar-refractivity contribution is -0.154. The minimum absolute atomic E-state index is 0.0132. The van der Waals surface area contributed by atoms with Crippen LogP contribution in [0.3, 0.4) is 0 Å². The third kappa shape index (κ3) is 6.33. The molecule has 4 heterocycles. The summed E-state index contributed by atoms with van der Waals surface area (Å²) in [5, 5.41) is 43.6. The first-order valence-electron chi connectivity index (χ1n) is 14.6. The molecule has 0 spiro atoms. The number of thioether (sulfide) groups is 1. The number of anilines is 1. The number of amides is 4. The molecule has 1 unspecified atom stereocenters. The van der Waals surface area contributed by atoms with E-state index in [1.807, 2.05) is 0 Å².